The third kappa shape index (κ3) is 7.57. The van der Waals surface area contributed by atoms with Crippen molar-refractivity contribution in [1.82, 2.24) is 0 Å². The number of rotatable bonds is 10. The molecule has 3 aliphatic carbocycles. The van der Waals surface area contributed by atoms with Gasteiger partial charge in [0, 0.05) is 5.92 Å². The summed E-state index contributed by atoms with van der Waals surface area (Å²) in [6.07, 6.45) is 27.1. The summed E-state index contributed by atoms with van der Waals surface area (Å²) in [5, 5.41) is 9.86. The Labute approximate surface area is 188 Å². The summed E-state index contributed by atoms with van der Waals surface area (Å²) >= 11 is 0. The average molecular weight is 414 g/mol. The number of hydrogen-bond donors (Lipinski definition) is 0. The van der Waals surface area contributed by atoms with Gasteiger partial charge in [-0.25, -0.2) is 0 Å². The first-order valence-corrected chi connectivity index (χ1v) is 14.1. The first kappa shape index (κ1) is 24.1. The summed E-state index contributed by atoms with van der Waals surface area (Å²) in [5.74, 6) is 5.97. The molecule has 3 rings (SSSR count). The summed E-state index contributed by atoms with van der Waals surface area (Å²) in [6.45, 7) is 4.66. The van der Waals surface area contributed by atoms with Crippen molar-refractivity contribution in [2.75, 3.05) is 0 Å². The molecule has 0 radical (unpaired) electrons. The highest BCUT2D eigenvalue weighted by atomic mass is 14.4. The maximum absolute atomic E-state index is 9.86. The Hall–Kier alpha value is -0.510. The fraction of sp³-hybridized carbons (Fsp3) is 0.966. The summed E-state index contributed by atoms with van der Waals surface area (Å²) in [4.78, 5) is 0. The molecule has 0 aromatic carbocycles. The largest absolute Gasteiger partial charge is 0.198 e. The molecule has 1 atom stereocenters. The van der Waals surface area contributed by atoms with Crippen LogP contribution < -0.4 is 0 Å². The molecular formula is C29H51N. The Balaban J connectivity index is 1.30. The van der Waals surface area contributed by atoms with Crippen LogP contribution in [0.3, 0.4) is 0 Å². The zero-order chi connectivity index (χ0) is 21.2. The molecule has 1 heteroatoms. The van der Waals surface area contributed by atoms with Crippen molar-refractivity contribution in [2.45, 2.75) is 136 Å². The molecular weight excluding hydrogens is 362 g/mol. The minimum atomic E-state index is 0.354. The van der Waals surface area contributed by atoms with E-state index >= 15 is 0 Å². The van der Waals surface area contributed by atoms with Gasteiger partial charge in [0.2, 0.25) is 0 Å². The van der Waals surface area contributed by atoms with E-state index in [9.17, 15) is 5.26 Å². The van der Waals surface area contributed by atoms with E-state index < -0.39 is 0 Å². The maximum atomic E-state index is 9.86. The van der Waals surface area contributed by atoms with Gasteiger partial charge < -0.3 is 0 Å². The molecule has 3 saturated carbocycles. The molecule has 0 aromatic rings. The van der Waals surface area contributed by atoms with Gasteiger partial charge in [-0.2, -0.15) is 5.26 Å². The SMILES string of the molecule is CCCC1CCC(CCC2CCC(CC(C#N)C3CCC(CCC)CC3)CC2)CC1. The van der Waals surface area contributed by atoms with Crippen LogP contribution in [0, 0.1) is 52.8 Å². The monoisotopic (exact) mass is 413 g/mol. The molecule has 0 bridgehead atoms. The highest BCUT2D eigenvalue weighted by molar-refractivity contribution is 4.92. The normalized spacial score (nSPS) is 36.2. The molecule has 0 aliphatic heterocycles. The van der Waals surface area contributed by atoms with Crippen LogP contribution in [0.1, 0.15) is 136 Å². The van der Waals surface area contributed by atoms with Crippen LogP contribution in [0.25, 0.3) is 0 Å². The average Bonchev–Trinajstić information content (AvgIpc) is 2.79. The Morgan fingerprint density at radius 3 is 1.33 bits per heavy atom. The van der Waals surface area contributed by atoms with Crippen LogP contribution >= 0.6 is 0 Å². The second-order valence-corrected chi connectivity index (χ2v) is 11.7. The smallest absolute Gasteiger partial charge is 0.0658 e. The minimum Gasteiger partial charge on any atom is -0.198 e. The zero-order valence-corrected chi connectivity index (χ0v) is 20.4. The first-order chi connectivity index (χ1) is 14.7. The van der Waals surface area contributed by atoms with Gasteiger partial charge in [0.1, 0.15) is 0 Å². The van der Waals surface area contributed by atoms with Gasteiger partial charge in [-0.05, 0) is 54.8 Å². The van der Waals surface area contributed by atoms with Gasteiger partial charge in [0.15, 0.2) is 0 Å². The number of nitrogens with zero attached hydrogens (tertiary/aromatic N) is 1. The molecule has 0 saturated heterocycles. The maximum Gasteiger partial charge on any atom is 0.0658 e. The number of nitriles is 1. The van der Waals surface area contributed by atoms with Gasteiger partial charge in [-0.3, -0.25) is 0 Å². The molecule has 3 aliphatic rings. The standard InChI is InChI=1S/C29H51N/c1-3-5-23-7-9-25(10-8-23)11-12-26-13-15-27(16-14-26)21-29(22-30)28-19-17-24(6-4-2)18-20-28/h23-29H,3-21H2,1-2H3. The third-order valence-electron chi connectivity index (χ3n) is 9.52. The van der Waals surface area contributed by atoms with Crippen molar-refractivity contribution in [3.05, 3.63) is 0 Å². The second-order valence-electron chi connectivity index (χ2n) is 11.7. The van der Waals surface area contributed by atoms with Crippen molar-refractivity contribution < 1.29 is 0 Å². The number of hydrogen-bond acceptors (Lipinski definition) is 1. The summed E-state index contributed by atoms with van der Waals surface area (Å²) in [6, 6.07) is 2.76. The lowest BCUT2D eigenvalue weighted by molar-refractivity contribution is 0.172. The van der Waals surface area contributed by atoms with Crippen LogP contribution in [-0.2, 0) is 0 Å². The van der Waals surface area contributed by atoms with Gasteiger partial charge in [0.05, 0.1) is 6.07 Å². The molecule has 30 heavy (non-hydrogen) atoms. The third-order valence-corrected chi connectivity index (χ3v) is 9.52. The Morgan fingerprint density at radius 1 is 0.567 bits per heavy atom. The Morgan fingerprint density at radius 2 is 0.933 bits per heavy atom. The topological polar surface area (TPSA) is 23.8 Å². The highest BCUT2D eigenvalue weighted by Crippen LogP contribution is 2.42. The molecule has 0 aromatic heterocycles. The Kier molecular flexibility index (Phi) is 10.6. The van der Waals surface area contributed by atoms with Gasteiger partial charge >= 0.3 is 0 Å². The lowest BCUT2D eigenvalue weighted by atomic mass is 9.70. The lowest BCUT2D eigenvalue weighted by Crippen LogP contribution is -2.25. The summed E-state index contributed by atoms with van der Waals surface area (Å²) in [7, 11) is 0. The van der Waals surface area contributed by atoms with Gasteiger partial charge in [-0.1, -0.05) is 117 Å². The van der Waals surface area contributed by atoms with Crippen molar-refractivity contribution >= 4 is 0 Å². The van der Waals surface area contributed by atoms with E-state index in [0.29, 0.717) is 11.8 Å². The van der Waals surface area contributed by atoms with Crippen molar-refractivity contribution in [3.8, 4) is 6.07 Å². The highest BCUT2D eigenvalue weighted by Gasteiger charge is 2.31. The van der Waals surface area contributed by atoms with E-state index in [0.717, 1.165) is 29.6 Å². The quantitative estimate of drug-likeness (QED) is 0.350. The molecule has 172 valence electrons. The lowest BCUT2D eigenvalue weighted by Gasteiger charge is -2.35. The van der Waals surface area contributed by atoms with E-state index in [1.54, 1.807) is 0 Å². The molecule has 0 heterocycles. The zero-order valence-electron chi connectivity index (χ0n) is 20.4. The van der Waals surface area contributed by atoms with Crippen LogP contribution in [0.2, 0.25) is 0 Å². The van der Waals surface area contributed by atoms with E-state index in [1.165, 1.54) is 122 Å². The van der Waals surface area contributed by atoms with Crippen LogP contribution in [-0.4, -0.2) is 0 Å². The van der Waals surface area contributed by atoms with Gasteiger partial charge in [-0.15, -0.1) is 0 Å². The van der Waals surface area contributed by atoms with Gasteiger partial charge in [0.25, 0.3) is 0 Å². The van der Waals surface area contributed by atoms with Crippen LogP contribution in [0.5, 0.6) is 0 Å². The molecule has 1 nitrogen and oxygen atoms in total. The Bertz CT molecular complexity index is 481. The molecule has 0 N–H and O–H groups in total. The molecule has 3 fully saturated rings. The second kappa shape index (κ2) is 13.1. The van der Waals surface area contributed by atoms with Crippen molar-refractivity contribution in [3.63, 3.8) is 0 Å². The molecule has 1 unspecified atom stereocenters. The molecule has 0 spiro atoms. The van der Waals surface area contributed by atoms with E-state index in [-0.39, 0.29) is 0 Å². The van der Waals surface area contributed by atoms with E-state index in [1.807, 2.05) is 0 Å². The fourth-order valence-electron chi connectivity index (χ4n) is 7.44. The van der Waals surface area contributed by atoms with Crippen molar-refractivity contribution in [2.24, 2.45) is 41.4 Å². The predicted molar refractivity (Wildman–Crippen MR) is 129 cm³/mol. The summed E-state index contributed by atoms with van der Waals surface area (Å²) in [5.41, 5.74) is 0. The predicted octanol–water partition coefficient (Wildman–Crippen LogP) is 9.32. The minimum absolute atomic E-state index is 0.354. The summed E-state index contributed by atoms with van der Waals surface area (Å²) < 4.78 is 0. The van der Waals surface area contributed by atoms with E-state index in [4.69, 9.17) is 0 Å². The van der Waals surface area contributed by atoms with Crippen molar-refractivity contribution in [1.29, 1.82) is 5.26 Å². The molecule has 0 amide bonds. The first-order valence-electron chi connectivity index (χ1n) is 14.1. The van der Waals surface area contributed by atoms with Crippen LogP contribution in [0.4, 0.5) is 0 Å². The fourth-order valence-corrected chi connectivity index (χ4v) is 7.44. The van der Waals surface area contributed by atoms with E-state index in [2.05, 4.69) is 19.9 Å². The van der Waals surface area contributed by atoms with Crippen LogP contribution in [0.15, 0.2) is 0 Å².